The number of amides is 1. The van der Waals surface area contributed by atoms with Gasteiger partial charge in [0.1, 0.15) is 0 Å². The maximum atomic E-state index is 12.0. The van der Waals surface area contributed by atoms with Crippen LogP contribution in [0.25, 0.3) is 0 Å². The van der Waals surface area contributed by atoms with Crippen LogP contribution in [0.15, 0.2) is 4.63 Å². The molecule has 0 saturated carbocycles. The molecule has 0 saturated heterocycles. The van der Waals surface area contributed by atoms with E-state index in [0.717, 1.165) is 0 Å². The monoisotopic (exact) mass is 242 g/mol. The highest BCUT2D eigenvalue weighted by atomic mass is 16.6. The van der Waals surface area contributed by atoms with Crippen molar-refractivity contribution in [1.82, 2.24) is 15.2 Å². The average Bonchev–Trinajstić information content (AvgIpc) is 2.64. The zero-order valence-electron chi connectivity index (χ0n) is 9.58. The number of hydrogen-bond acceptors (Lipinski definition) is 6. The van der Waals surface area contributed by atoms with Crippen molar-refractivity contribution >= 4 is 17.7 Å². The highest BCUT2D eigenvalue weighted by molar-refractivity contribution is 5.96. The first-order valence-electron chi connectivity index (χ1n) is 5.08. The van der Waals surface area contributed by atoms with Crippen molar-refractivity contribution in [1.29, 1.82) is 0 Å². The molecule has 1 aromatic heterocycles. The summed E-state index contributed by atoms with van der Waals surface area (Å²) in [7, 11) is 0. The summed E-state index contributed by atoms with van der Waals surface area (Å²) >= 11 is 0. The minimum absolute atomic E-state index is 0.0934. The molecule has 8 heteroatoms. The van der Waals surface area contributed by atoms with Gasteiger partial charge in [0, 0.05) is 12.6 Å². The summed E-state index contributed by atoms with van der Waals surface area (Å²) in [4.78, 5) is 23.9. The average molecular weight is 242 g/mol. The zero-order valence-corrected chi connectivity index (χ0v) is 9.58. The molecule has 0 spiro atoms. The highest BCUT2D eigenvalue weighted by Gasteiger charge is 2.26. The second-order valence-electron chi connectivity index (χ2n) is 3.54. The number of carboxylic acids is 1. The van der Waals surface area contributed by atoms with E-state index in [0.29, 0.717) is 6.54 Å². The van der Waals surface area contributed by atoms with Crippen LogP contribution in [0.2, 0.25) is 0 Å². The maximum Gasteiger partial charge on any atom is 0.305 e. The van der Waals surface area contributed by atoms with Gasteiger partial charge in [-0.3, -0.25) is 9.59 Å². The van der Waals surface area contributed by atoms with Crippen LogP contribution in [-0.2, 0) is 4.79 Å². The summed E-state index contributed by atoms with van der Waals surface area (Å²) in [6.45, 7) is 3.72. The number of nitrogens with zero attached hydrogens (tertiary/aromatic N) is 3. The van der Waals surface area contributed by atoms with E-state index in [1.807, 2.05) is 0 Å². The summed E-state index contributed by atoms with van der Waals surface area (Å²) in [5.41, 5.74) is 5.31. The quantitative estimate of drug-likeness (QED) is 0.743. The Morgan fingerprint density at radius 2 is 2.18 bits per heavy atom. The normalized spacial score (nSPS) is 12.1. The van der Waals surface area contributed by atoms with Crippen LogP contribution in [-0.4, -0.2) is 44.8 Å². The van der Waals surface area contributed by atoms with Gasteiger partial charge in [0.2, 0.25) is 11.5 Å². The Labute approximate surface area is 97.3 Å². The fourth-order valence-corrected chi connectivity index (χ4v) is 1.50. The van der Waals surface area contributed by atoms with E-state index in [-0.39, 0.29) is 17.9 Å². The molecular formula is C9H14N4O4. The fourth-order valence-electron chi connectivity index (χ4n) is 1.50. The Morgan fingerprint density at radius 1 is 1.53 bits per heavy atom. The Balaban J connectivity index is 2.84. The van der Waals surface area contributed by atoms with E-state index < -0.39 is 17.9 Å². The van der Waals surface area contributed by atoms with Crippen LogP contribution in [0, 0.1) is 0 Å². The molecule has 0 aliphatic carbocycles. The number of carboxylic acid groups (broad SMARTS) is 1. The molecule has 0 bridgehead atoms. The Morgan fingerprint density at radius 3 is 2.59 bits per heavy atom. The van der Waals surface area contributed by atoms with Crippen molar-refractivity contribution in [2.24, 2.45) is 0 Å². The zero-order chi connectivity index (χ0) is 13.0. The second-order valence-corrected chi connectivity index (χ2v) is 3.54. The number of aliphatic carboxylic acids is 1. The van der Waals surface area contributed by atoms with Crippen molar-refractivity contribution in [3.63, 3.8) is 0 Å². The summed E-state index contributed by atoms with van der Waals surface area (Å²) < 4.78 is 4.33. The molecule has 0 aliphatic heterocycles. The molecule has 1 amide bonds. The van der Waals surface area contributed by atoms with Crippen LogP contribution in [0.4, 0.5) is 5.82 Å². The van der Waals surface area contributed by atoms with Crippen molar-refractivity contribution in [2.45, 2.75) is 26.3 Å². The molecule has 1 aromatic rings. The molecule has 1 rings (SSSR count). The first kappa shape index (κ1) is 12.9. The Hall–Kier alpha value is -2.12. The lowest BCUT2D eigenvalue weighted by atomic mass is 10.2. The fraction of sp³-hybridized carbons (Fsp3) is 0.556. The van der Waals surface area contributed by atoms with Crippen molar-refractivity contribution in [3.05, 3.63) is 5.69 Å². The third-order valence-corrected chi connectivity index (χ3v) is 2.32. The van der Waals surface area contributed by atoms with E-state index in [9.17, 15) is 9.59 Å². The van der Waals surface area contributed by atoms with Crippen LogP contribution >= 0.6 is 0 Å². The number of aromatic nitrogens is 2. The molecule has 94 valence electrons. The molecule has 0 aliphatic rings. The molecule has 17 heavy (non-hydrogen) atoms. The summed E-state index contributed by atoms with van der Waals surface area (Å²) in [6, 6.07) is -0.457. The molecule has 8 nitrogen and oxygen atoms in total. The van der Waals surface area contributed by atoms with Gasteiger partial charge in [-0.15, -0.1) is 0 Å². The standard InChI is InChI=1S/C9H14N4O4/c1-3-13(5(2)4-6(14)15)9(16)7-8(10)12-17-11-7/h5H,3-4H2,1-2H3,(H2,10,12)(H,14,15). The molecule has 1 unspecified atom stereocenters. The van der Waals surface area contributed by atoms with Crippen molar-refractivity contribution in [3.8, 4) is 0 Å². The number of carbonyl (C=O) groups is 2. The summed E-state index contributed by atoms with van der Waals surface area (Å²) in [6.07, 6.45) is -0.148. The van der Waals surface area contributed by atoms with E-state index in [1.54, 1.807) is 13.8 Å². The number of rotatable bonds is 5. The van der Waals surface area contributed by atoms with Crippen LogP contribution in [0.3, 0.4) is 0 Å². The number of nitrogen functional groups attached to an aromatic ring is 1. The number of anilines is 1. The topological polar surface area (TPSA) is 123 Å². The summed E-state index contributed by atoms with van der Waals surface area (Å²) in [5, 5.41) is 15.4. The smallest absolute Gasteiger partial charge is 0.305 e. The van der Waals surface area contributed by atoms with E-state index in [1.165, 1.54) is 4.90 Å². The Kier molecular flexibility index (Phi) is 4.02. The molecule has 3 N–H and O–H groups in total. The van der Waals surface area contributed by atoms with Gasteiger partial charge in [-0.05, 0) is 24.2 Å². The lowest BCUT2D eigenvalue weighted by Gasteiger charge is -2.25. The number of hydrogen-bond donors (Lipinski definition) is 2. The van der Waals surface area contributed by atoms with Crippen LogP contribution in [0.5, 0.6) is 0 Å². The third kappa shape index (κ3) is 2.92. The SMILES string of the molecule is CCN(C(=O)c1nonc1N)C(C)CC(=O)O. The van der Waals surface area contributed by atoms with Crippen LogP contribution in [0.1, 0.15) is 30.8 Å². The number of carbonyl (C=O) groups excluding carboxylic acids is 1. The lowest BCUT2D eigenvalue weighted by Crippen LogP contribution is -2.40. The van der Waals surface area contributed by atoms with Crippen LogP contribution < -0.4 is 5.73 Å². The predicted octanol–water partition coefficient (Wildman–Crippen LogP) is -0.0229. The lowest BCUT2D eigenvalue weighted by molar-refractivity contribution is -0.138. The van der Waals surface area contributed by atoms with Gasteiger partial charge in [0.05, 0.1) is 6.42 Å². The Bertz CT molecular complexity index is 417. The van der Waals surface area contributed by atoms with Gasteiger partial charge in [-0.2, -0.15) is 0 Å². The largest absolute Gasteiger partial charge is 0.481 e. The maximum absolute atomic E-state index is 12.0. The molecule has 0 aromatic carbocycles. The first-order chi connectivity index (χ1) is 7.97. The van der Waals surface area contributed by atoms with E-state index in [2.05, 4.69) is 14.9 Å². The van der Waals surface area contributed by atoms with E-state index in [4.69, 9.17) is 10.8 Å². The molecule has 1 atom stereocenters. The predicted molar refractivity (Wildman–Crippen MR) is 57.1 cm³/mol. The van der Waals surface area contributed by atoms with Gasteiger partial charge in [0.15, 0.2) is 0 Å². The molecular weight excluding hydrogens is 228 g/mol. The minimum Gasteiger partial charge on any atom is -0.481 e. The van der Waals surface area contributed by atoms with Gasteiger partial charge in [0.25, 0.3) is 5.91 Å². The third-order valence-electron chi connectivity index (χ3n) is 2.32. The van der Waals surface area contributed by atoms with Gasteiger partial charge in [-0.25, -0.2) is 4.63 Å². The highest BCUT2D eigenvalue weighted by Crippen LogP contribution is 2.12. The van der Waals surface area contributed by atoms with Gasteiger partial charge < -0.3 is 15.7 Å². The minimum atomic E-state index is -0.977. The second kappa shape index (κ2) is 5.28. The molecule has 1 heterocycles. The molecule has 0 fully saturated rings. The van der Waals surface area contributed by atoms with Crippen molar-refractivity contribution < 1.29 is 19.3 Å². The van der Waals surface area contributed by atoms with Crippen molar-refractivity contribution in [2.75, 3.05) is 12.3 Å². The molecule has 0 radical (unpaired) electrons. The first-order valence-corrected chi connectivity index (χ1v) is 5.08. The number of nitrogens with two attached hydrogens (primary N) is 1. The van der Waals surface area contributed by atoms with E-state index >= 15 is 0 Å². The summed E-state index contributed by atoms with van der Waals surface area (Å²) in [5.74, 6) is -1.56. The van der Waals surface area contributed by atoms with Gasteiger partial charge in [-0.1, -0.05) is 0 Å². The van der Waals surface area contributed by atoms with Gasteiger partial charge >= 0.3 is 5.97 Å².